The molecule has 0 saturated carbocycles. The third-order valence-electron chi connectivity index (χ3n) is 4.61. The molecule has 1 fully saturated rings. The van der Waals surface area contributed by atoms with Crippen LogP contribution in [0, 0.1) is 11.8 Å². The van der Waals surface area contributed by atoms with Crippen molar-refractivity contribution in [1.29, 1.82) is 0 Å². The van der Waals surface area contributed by atoms with E-state index in [1.165, 1.54) is 16.7 Å². The zero-order valence-electron chi connectivity index (χ0n) is 11.2. The average molecular weight is 264 g/mol. The largest absolute Gasteiger partial charge is 0.465 e. The van der Waals surface area contributed by atoms with Crippen molar-refractivity contribution in [2.75, 3.05) is 6.61 Å². The fourth-order valence-corrected chi connectivity index (χ4v) is 3.72. The molecule has 2 aromatic carbocycles. The molecule has 3 unspecified atom stereocenters. The highest BCUT2D eigenvalue weighted by atomic mass is 16.5. The summed E-state index contributed by atoms with van der Waals surface area (Å²) in [7, 11) is 0. The zero-order chi connectivity index (χ0) is 13.5. The number of rotatable bonds is 1. The molecular formula is C18H16O2. The average Bonchev–Trinajstić information content (AvgIpc) is 2.87. The molecule has 2 heteroatoms. The molecule has 0 amide bonds. The third kappa shape index (κ3) is 1.68. The van der Waals surface area contributed by atoms with E-state index in [1.807, 2.05) is 18.2 Å². The lowest BCUT2D eigenvalue weighted by atomic mass is 9.68. The number of fused-ring (bicyclic) bond motifs is 2. The summed E-state index contributed by atoms with van der Waals surface area (Å²) in [5, 5.41) is 0. The van der Waals surface area contributed by atoms with E-state index in [-0.39, 0.29) is 17.8 Å². The van der Waals surface area contributed by atoms with Crippen LogP contribution < -0.4 is 0 Å². The van der Waals surface area contributed by atoms with Crippen molar-refractivity contribution in [3.63, 3.8) is 0 Å². The Labute approximate surface area is 118 Å². The summed E-state index contributed by atoms with van der Waals surface area (Å²) < 4.78 is 5.34. The van der Waals surface area contributed by atoms with Gasteiger partial charge in [-0.25, -0.2) is 0 Å². The Morgan fingerprint density at radius 3 is 2.55 bits per heavy atom. The molecule has 2 aromatic rings. The van der Waals surface area contributed by atoms with Crippen molar-refractivity contribution in [3.05, 3.63) is 71.3 Å². The summed E-state index contributed by atoms with van der Waals surface area (Å²) in [6.07, 6.45) is 0.954. The number of benzene rings is 2. The van der Waals surface area contributed by atoms with Crippen LogP contribution >= 0.6 is 0 Å². The van der Waals surface area contributed by atoms with Gasteiger partial charge in [-0.1, -0.05) is 54.6 Å². The van der Waals surface area contributed by atoms with E-state index in [0.29, 0.717) is 12.5 Å². The second-order valence-corrected chi connectivity index (χ2v) is 5.71. The summed E-state index contributed by atoms with van der Waals surface area (Å²) in [6.45, 7) is 0.571. The van der Waals surface area contributed by atoms with Gasteiger partial charge in [-0.2, -0.15) is 0 Å². The summed E-state index contributed by atoms with van der Waals surface area (Å²) in [5.41, 5.74) is 3.87. The van der Waals surface area contributed by atoms with E-state index >= 15 is 0 Å². The fraction of sp³-hybridized carbons (Fsp3) is 0.278. The van der Waals surface area contributed by atoms with Crippen molar-refractivity contribution in [2.45, 2.75) is 12.3 Å². The number of hydrogen-bond acceptors (Lipinski definition) is 2. The van der Waals surface area contributed by atoms with E-state index in [2.05, 4.69) is 36.4 Å². The molecule has 0 bridgehead atoms. The van der Waals surface area contributed by atoms with E-state index in [9.17, 15) is 4.79 Å². The van der Waals surface area contributed by atoms with Crippen LogP contribution in [0.25, 0.3) is 0 Å². The van der Waals surface area contributed by atoms with Gasteiger partial charge in [0.1, 0.15) is 0 Å². The first-order valence-corrected chi connectivity index (χ1v) is 7.14. The normalized spacial score (nSPS) is 27.6. The Morgan fingerprint density at radius 1 is 0.950 bits per heavy atom. The molecule has 0 aromatic heterocycles. The van der Waals surface area contributed by atoms with Gasteiger partial charge < -0.3 is 4.74 Å². The van der Waals surface area contributed by atoms with E-state index in [4.69, 9.17) is 4.74 Å². The maximum atomic E-state index is 12.2. The molecule has 2 aliphatic rings. The van der Waals surface area contributed by atoms with Gasteiger partial charge in [-0.3, -0.25) is 4.79 Å². The van der Waals surface area contributed by atoms with Crippen molar-refractivity contribution < 1.29 is 9.53 Å². The molecule has 1 heterocycles. The van der Waals surface area contributed by atoms with Crippen LogP contribution in [0.3, 0.4) is 0 Å². The minimum absolute atomic E-state index is 0.0210. The molecule has 0 radical (unpaired) electrons. The first-order chi connectivity index (χ1) is 9.84. The fourth-order valence-electron chi connectivity index (χ4n) is 3.72. The highest BCUT2D eigenvalue weighted by molar-refractivity contribution is 5.78. The van der Waals surface area contributed by atoms with E-state index < -0.39 is 0 Å². The van der Waals surface area contributed by atoms with Crippen LogP contribution in [0.5, 0.6) is 0 Å². The van der Waals surface area contributed by atoms with Gasteiger partial charge in [0.15, 0.2) is 0 Å². The summed E-state index contributed by atoms with van der Waals surface area (Å²) in [4.78, 5) is 12.2. The predicted octanol–water partition coefficient (Wildman–Crippen LogP) is 3.16. The topological polar surface area (TPSA) is 26.3 Å². The maximum Gasteiger partial charge on any atom is 0.310 e. The van der Waals surface area contributed by atoms with Gasteiger partial charge in [0.25, 0.3) is 0 Å². The Kier molecular flexibility index (Phi) is 2.62. The molecule has 4 rings (SSSR count). The van der Waals surface area contributed by atoms with Crippen LogP contribution in [-0.4, -0.2) is 12.6 Å². The highest BCUT2D eigenvalue weighted by Crippen LogP contribution is 2.46. The summed E-state index contributed by atoms with van der Waals surface area (Å²) in [6, 6.07) is 18.8. The zero-order valence-corrected chi connectivity index (χ0v) is 11.2. The van der Waals surface area contributed by atoms with Gasteiger partial charge in [-0.05, 0) is 23.1 Å². The summed E-state index contributed by atoms with van der Waals surface area (Å²) >= 11 is 0. The first kappa shape index (κ1) is 11.7. The van der Waals surface area contributed by atoms with E-state index in [1.54, 1.807) is 0 Å². The van der Waals surface area contributed by atoms with Gasteiger partial charge in [0.2, 0.25) is 0 Å². The summed E-state index contributed by atoms with van der Waals surface area (Å²) in [5.74, 6) is 0.411. The molecule has 20 heavy (non-hydrogen) atoms. The van der Waals surface area contributed by atoms with Crippen molar-refractivity contribution >= 4 is 5.97 Å². The molecule has 100 valence electrons. The predicted molar refractivity (Wildman–Crippen MR) is 76.4 cm³/mol. The van der Waals surface area contributed by atoms with Crippen LogP contribution in [0.4, 0.5) is 0 Å². The Bertz CT molecular complexity index is 647. The standard InChI is InChI=1S/C18H16O2/c19-18-17-14(11-20-18)10-13-8-4-5-9-15(13)16(17)12-6-2-1-3-7-12/h1-9,14,16-17H,10-11H2. The molecule has 1 saturated heterocycles. The van der Waals surface area contributed by atoms with Gasteiger partial charge in [-0.15, -0.1) is 0 Å². The lowest BCUT2D eigenvalue weighted by molar-refractivity contribution is -0.141. The van der Waals surface area contributed by atoms with Crippen LogP contribution in [0.1, 0.15) is 22.6 Å². The Hall–Kier alpha value is -2.09. The number of esters is 1. The number of carbonyl (C=O) groups is 1. The maximum absolute atomic E-state index is 12.2. The minimum atomic E-state index is -0.0293. The van der Waals surface area contributed by atoms with Crippen molar-refractivity contribution in [2.24, 2.45) is 11.8 Å². The van der Waals surface area contributed by atoms with Gasteiger partial charge in [0, 0.05) is 11.8 Å². The van der Waals surface area contributed by atoms with E-state index in [0.717, 1.165) is 6.42 Å². The van der Waals surface area contributed by atoms with Crippen molar-refractivity contribution in [3.8, 4) is 0 Å². The minimum Gasteiger partial charge on any atom is -0.465 e. The molecule has 1 aliphatic heterocycles. The number of hydrogen-bond donors (Lipinski definition) is 0. The SMILES string of the molecule is O=C1OCC2Cc3ccccc3C(c3ccccc3)C12. The van der Waals surface area contributed by atoms with Crippen LogP contribution in [0.15, 0.2) is 54.6 Å². The Morgan fingerprint density at radius 2 is 1.70 bits per heavy atom. The Balaban J connectivity index is 1.90. The second-order valence-electron chi connectivity index (χ2n) is 5.71. The van der Waals surface area contributed by atoms with Crippen LogP contribution in [-0.2, 0) is 16.0 Å². The molecule has 0 spiro atoms. The molecule has 2 nitrogen and oxygen atoms in total. The molecule has 1 aliphatic carbocycles. The second kappa shape index (κ2) is 4.48. The lowest BCUT2D eigenvalue weighted by Gasteiger charge is -2.33. The number of cyclic esters (lactones) is 1. The number of carbonyl (C=O) groups excluding carboxylic acids is 1. The van der Waals surface area contributed by atoms with Crippen LogP contribution in [0.2, 0.25) is 0 Å². The van der Waals surface area contributed by atoms with Gasteiger partial charge >= 0.3 is 5.97 Å². The molecule has 3 atom stereocenters. The monoisotopic (exact) mass is 264 g/mol. The highest BCUT2D eigenvalue weighted by Gasteiger charge is 2.46. The molecular weight excluding hydrogens is 248 g/mol. The number of ether oxygens (including phenoxy) is 1. The smallest absolute Gasteiger partial charge is 0.310 e. The van der Waals surface area contributed by atoms with Crippen molar-refractivity contribution in [1.82, 2.24) is 0 Å². The first-order valence-electron chi connectivity index (χ1n) is 7.14. The quantitative estimate of drug-likeness (QED) is 0.740. The third-order valence-corrected chi connectivity index (χ3v) is 4.61. The van der Waals surface area contributed by atoms with Gasteiger partial charge in [0.05, 0.1) is 12.5 Å². The molecule has 0 N–H and O–H groups in total. The lowest BCUT2D eigenvalue weighted by Crippen LogP contribution is -2.31.